The maximum absolute atomic E-state index is 11.8. The lowest BCUT2D eigenvalue weighted by atomic mass is 9.98. The van der Waals surface area contributed by atoms with Crippen LogP contribution in [0.4, 0.5) is 0 Å². The number of alkyl halides is 1. The molecule has 94 valence electrons. The van der Waals surface area contributed by atoms with Gasteiger partial charge in [-0.05, 0) is 29.5 Å². The Morgan fingerprint density at radius 2 is 1.82 bits per heavy atom. The average Bonchev–Trinajstić information content (AvgIpc) is 2.35. The maximum atomic E-state index is 11.8. The zero-order valence-corrected chi connectivity index (χ0v) is 11.4. The van der Waals surface area contributed by atoms with Crippen LogP contribution in [0.25, 0.3) is 0 Å². The van der Waals surface area contributed by atoms with E-state index in [0.717, 1.165) is 5.56 Å². The summed E-state index contributed by atoms with van der Waals surface area (Å²) < 4.78 is 0. The van der Waals surface area contributed by atoms with E-state index in [4.69, 9.17) is 11.6 Å². The van der Waals surface area contributed by atoms with Crippen LogP contribution >= 0.6 is 11.6 Å². The molecule has 0 aliphatic heterocycles. The topological polar surface area (TPSA) is 29.1 Å². The van der Waals surface area contributed by atoms with E-state index in [0.29, 0.717) is 29.8 Å². The summed E-state index contributed by atoms with van der Waals surface area (Å²) in [6.07, 6.45) is 0. The molecule has 0 aromatic heterocycles. The van der Waals surface area contributed by atoms with Gasteiger partial charge in [0.15, 0.2) is 0 Å². The van der Waals surface area contributed by atoms with Crippen molar-refractivity contribution in [2.24, 2.45) is 11.8 Å². The van der Waals surface area contributed by atoms with Gasteiger partial charge in [-0.1, -0.05) is 32.9 Å². The molecule has 1 aromatic rings. The van der Waals surface area contributed by atoms with Crippen LogP contribution in [-0.4, -0.2) is 12.5 Å². The van der Waals surface area contributed by atoms with Crippen LogP contribution in [0.3, 0.4) is 0 Å². The highest BCUT2D eigenvalue weighted by atomic mass is 35.5. The number of carbonyl (C=O) groups excluding carboxylic acids is 1. The SMILES string of the molecule is CC(C)C(C)CNC(=O)c1ccc(CCl)cc1. The third kappa shape index (κ3) is 4.39. The molecule has 0 bridgehead atoms. The third-order valence-corrected chi connectivity index (χ3v) is 3.40. The molecule has 1 atom stereocenters. The molecule has 3 heteroatoms. The second kappa shape index (κ2) is 6.65. The molecule has 0 aliphatic carbocycles. The highest BCUT2D eigenvalue weighted by Crippen LogP contribution is 2.09. The summed E-state index contributed by atoms with van der Waals surface area (Å²) in [6, 6.07) is 7.39. The number of hydrogen-bond donors (Lipinski definition) is 1. The van der Waals surface area contributed by atoms with Gasteiger partial charge in [0.2, 0.25) is 0 Å². The molecular formula is C14H20ClNO. The molecule has 2 nitrogen and oxygen atoms in total. The Hall–Kier alpha value is -1.02. The van der Waals surface area contributed by atoms with E-state index in [1.165, 1.54) is 0 Å². The number of nitrogens with one attached hydrogen (secondary N) is 1. The van der Waals surface area contributed by atoms with Crippen LogP contribution in [0.2, 0.25) is 0 Å². The van der Waals surface area contributed by atoms with Crippen molar-refractivity contribution >= 4 is 17.5 Å². The van der Waals surface area contributed by atoms with E-state index in [-0.39, 0.29) is 5.91 Å². The monoisotopic (exact) mass is 253 g/mol. The van der Waals surface area contributed by atoms with Gasteiger partial charge >= 0.3 is 0 Å². The zero-order valence-electron chi connectivity index (χ0n) is 10.7. The predicted octanol–water partition coefficient (Wildman–Crippen LogP) is 3.45. The normalized spacial score (nSPS) is 12.5. The predicted molar refractivity (Wildman–Crippen MR) is 72.3 cm³/mol. The van der Waals surface area contributed by atoms with Gasteiger partial charge < -0.3 is 5.32 Å². The molecule has 1 N–H and O–H groups in total. The molecule has 1 amide bonds. The fraction of sp³-hybridized carbons (Fsp3) is 0.500. The van der Waals surface area contributed by atoms with Gasteiger partial charge in [-0.3, -0.25) is 4.79 Å². The van der Waals surface area contributed by atoms with E-state index in [1.54, 1.807) is 0 Å². The minimum atomic E-state index is -0.0152. The standard InChI is InChI=1S/C14H20ClNO/c1-10(2)11(3)9-16-14(17)13-6-4-12(8-15)5-7-13/h4-7,10-11H,8-9H2,1-3H3,(H,16,17). The number of hydrogen-bond acceptors (Lipinski definition) is 1. The van der Waals surface area contributed by atoms with Crippen LogP contribution in [0, 0.1) is 11.8 Å². The lowest BCUT2D eigenvalue weighted by molar-refractivity contribution is 0.0945. The van der Waals surface area contributed by atoms with Crippen LogP contribution in [0.15, 0.2) is 24.3 Å². The smallest absolute Gasteiger partial charge is 0.251 e. The first-order valence-corrected chi connectivity index (χ1v) is 6.51. The first-order valence-electron chi connectivity index (χ1n) is 5.97. The van der Waals surface area contributed by atoms with Gasteiger partial charge in [0.05, 0.1) is 0 Å². The Bertz CT molecular complexity index is 359. The number of carbonyl (C=O) groups is 1. The summed E-state index contributed by atoms with van der Waals surface area (Å²) in [7, 11) is 0. The van der Waals surface area contributed by atoms with Gasteiger partial charge in [0, 0.05) is 18.0 Å². The van der Waals surface area contributed by atoms with Gasteiger partial charge in [0.25, 0.3) is 5.91 Å². The fourth-order valence-corrected chi connectivity index (χ4v) is 1.51. The molecule has 0 heterocycles. The molecule has 0 radical (unpaired) electrons. The molecule has 1 aromatic carbocycles. The molecule has 0 saturated carbocycles. The highest BCUT2D eigenvalue weighted by molar-refractivity contribution is 6.17. The quantitative estimate of drug-likeness (QED) is 0.801. The van der Waals surface area contributed by atoms with Crippen molar-refractivity contribution in [3.63, 3.8) is 0 Å². The van der Waals surface area contributed by atoms with E-state index in [2.05, 4.69) is 26.1 Å². The Morgan fingerprint density at radius 1 is 1.24 bits per heavy atom. The minimum Gasteiger partial charge on any atom is -0.352 e. The number of amides is 1. The summed E-state index contributed by atoms with van der Waals surface area (Å²) >= 11 is 5.70. The number of rotatable bonds is 5. The third-order valence-electron chi connectivity index (χ3n) is 3.09. The molecular weight excluding hydrogens is 234 g/mol. The Kier molecular flexibility index (Phi) is 5.49. The average molecular weight is 254 g/mol. The van der Waals surface area contributed by atoms with Crippen LogP contribution < -0.4 is 5.32 Å². The zero-order chi connectivity index (χ0) is 12.8. The fourth-order valence-electron chi connectivity index (χ4n) is 1.34. The van der Waals surface area contributed by atoms with Crippen molar-refractivity contribution < 1.29 is 4.79 Å². The second-order valence-electron chi connectivity index (χ2n) is 4.76. The molecule has 17 heavy (non-hydrogen) atoms. The molecule has 1 rings (SSSR count). The van der Waals surface area contributed by atoms with Crippen molar-refractivity contribution in [1.82, 2.24) is 5.32 Å². The number of benzene rings is 1. The van der Waals surface area contributed by atoms with Crippen molar-refractivity contribution in [2.45, 2.75) is 26.7 Å². The number of halogens is 1. The van der Waals surface area contributed by atoms with E-state index in [1.807, 2.05) is 24.3 Å². The minimum absolute atomic E-state index is 0.0152. The summed E-state index contributed by atoms with van der Waals surface area (Å²) in [5, 5.41) is 2.95. The molecule has 0 spiro atoms. The molecule has 0 aliphatic rings. The van der Waals surface area contributed by atoms with E-state index >= 15 is 0 Å². The van der Waals surface area contributed by atoms with Gasteiger partial charge in [0.1, 0.15) is 0 Å². The van der Waals surface area contributed by atoms with Gasteiger partial charge in [-0.25, -0.2) is 0 Å². The lowest BCUT2D eigenvalue weighted by Gasteiger charge is -2.16. The van der Waals surface area contributed by atoms with Gasteiger partial charge in [-0.2, -0.15) is 0 Å². The largest absolute Gasteiger partial charge is 0.352 e. The Labute approximate surface area is 108 Å². The summed E-state index contributed by atoms with van der Waals surface area (Å²) in [5.41, 5.74) is 1.72. The van der Waals surface area contributed by atoms with Crippen LogP contribution in [0.5, 0.6) is 0 Å². The maximum Gasteiger partial charge on any atom is 0.251 e. The summed E-state index contributed by atoms with van der Waals surface area (Å²) in [5.74, 6) is 1.53. The van der Waals surface area contributed by atoms with Crippen LogP contribution in [-0.2, 0) is 5.88 Å². The first-order chi connectivity index (χ1) is 8.04. The summed E-state index contributed by atoms with van der Waals surface area (Å²) in [6.45, 7) is 7.17. The Morgan fingerprint density at radius 3 is 2.29 bits per heavy atom. The highest BCUT2D eigenvalue weighted by Gasteiger charge is 2.10. The van der Waals surface area contributed by atoms with E-state index < -0.39 is 0 Å². The van der Waals surface area contributed by atoms with Crippen molar-refractivity contribution in [3.8, 4) is 0 Å². The summed E-state index contributed by atoms with van der Waals surface area (Å²) in [4.78, 5) is 11.8. The lowest BCUT2D eigenvalue weighted by Crippen LogP contribution is -2.30. The second-order valence-corrected chi connectivity index (χ2v) is 5.03. The first kappa shape index (κ1) is 14.0. The molecule has 0 fully saturated rings. The van der Waals surface area contributed by atoms with Crippen molar-refractivity contribution in [3.05, 3.63) is 35.4 Å². The van der Waals surface area contributed by atoms with Crippen molar-refractivity contribution in [1.29, 1.82) is 0 Å². The molecule has 0 saturated heterocycles. The van der Waals surface area contributed by atoms with Crippen LogP contribution in [0.1, 0.15) is 36.7 Å². The molecule has 1 unspecified atom stereocenters. The van der Waals surface area contributed by atoms with Crippen molar-refractivity contribution in [2.75, 3.05) is 6.54 Å². The van der Waals surface area contributed by atoms with Gasteiger partial charge in [-0.15, -0.1) is 11.6 Å². The van der Waals surface area contributed by atoms with E-state index in [9.17, 15) is 4.79 Å². The Balaban J connectivity index is 2.52.